The van der Waals surface area contributed by atoms with E-state index in [0.29, 0.717) is 6.04 Å². The van der Waals surface area contributed by atoms with Gasteiger partial charge in [0.1, 0.15) is 0 Å². The Labute approximate surface area is 101 Å². The average Bonchev–Trinajstić information content (AvgIpc) is 2.77. The number of hydrogen-bond donors (Lipinski definition) is 3. The Morgan fingerprint density at radius 1 is 1.12 bits per heavy atom. The number of benzene rings is 1. The molecule has 86 valence electrons. The molecule has 1 fully saturated rings. The van der Waals surface area contributed by atoms with Crippen molar-refractivity contribution >= 4 is 23.3 Å². The van der Waals surface area contributed by atoms with E-state index in [-0.39, 0.29) is 12.4 Å². The predicted molar refractivity (Wildman–Crippen MR) is 69.2 cm³/mol. The molecule has 1 saturated heterocycles. The van der Waals surface area contributed by atoms with Crippen LogP contribution in [0, 0.1) is 0 Å². The molecule has 1 atom stereocenters. The van der Waals surface area contributed by atoms with Crippen molar-refractivity contribution in [2.75, 3.05) is 19.6 Å². The number of nitrogens with one attached hydrogen (secondary N) is 3. The second-order valence-electron chi connectivity index (χ2n) is 4.04. The molecule has 3 N–H and O–H groups in total. The van der Waals surface area contributed by atoms with Crippen LogP contribution in [0.3, 0.4) is 0 Å². The minimum atomic E-state index is 0. The normalized spacial score (nSPS) is 20.6. The van der Waals surface area contributed by atoms with E-state index in [2.05, 4.69) is 39.9 Å². The van der Waals surface area contributed by atoms with E-state index >= 15 is 0 Å². The van der Waals surface area contributed by atoms with E-state index < -0.39 is 0 Å². The SMILES string of the molecule is Cl.c1cc2ccc([C@@H]3CNCCN3)cc2[nH]1. The Balaban J connectivity index is 0.000000963. The van der Waals surface area contributed by atoms with Crippen LogP contribution in [0.2, 0.25) is 0 Å². The van der Waals surface area contributed by atoms with Gasteiger partial charge in [0.25, 0.3) is 0 Å². The van der Waals surface area contributed by atoms with Crippen LogP contribution in [-0.4, -0.2) is 24.6 Å². The molecule has 0 unspecified atom stereocenters. The van der Waals surface area contributed by atoms with Crippen LogP contribution < -0.4 is 10.6 Å². The molecule has 2 aromatic rings. The maximum absolute atomic E-state index is 3.52. The molecule has 0 amide bonds. The highest BCUT2D eigenvalue weighted by molar-refractivity contribution is 5.85. The number of aromatic amines is 1. The second kappa shape index (κ2) is 4.87. The monoisotopic (exact) mass is 237 g/mol. The maximum Gasteiger partial charge on any atom is 0.0457 e. The van der Waals surface area contributed by atoms with Crippen LogP contribution in [0.5, 0.6) is 0 Å². The molecule has 0 spiro atoms. The van der Waals surface area contributed by atoms with E-state index in [0.717, 1.165) is 19.6 Å². The second-order valence-corrected chi connectivity index (χ2v) is 4.04. The highest BCUT2D eigenvalue weighted by Gasteiger charge is 2.14. The van der Waals surface area contributed by atoms with Crippen molar-refractivity contribution in [3.05, 3.63) is 36.0 Å². The number of aromatic nitrogens is 1. The number of rotatable bonds is 1. The largest absolute Gasteiger partial charge is 0.361 e. The Hall–Kier alpha value is -1.03. The maximum atomic E-state index is 3.52. The van der Waals surface area contributed by atoms with Crippen LogP contribution in [0.1, 0.15) is 11.6 Å². The van der Waals surface area contributed by atoms with Gasteiger partial charge >= 0.3 is 0 Å². The van der Waals surface area contributed by atoms with Gasteiger partial charge < -0.3 is 15.6 Å². The van der Waals surface area contributed by atoms with Gasteiger partial charge in [-0.15, -0.1) is 12.4 Å². The summed E-state index contributed by atoms with van der Waals surface area (Å²) in [7, 11) is 0. The van der Waals surface area contributed by atoms with E-state index in [4.69, 9.17) is 0 Å². The fourth-order valence-electron chi connectivity index (χ4n) is 2.17. The summed E-state index contributed by atoms with van der Waals surface area (Å²) in [6.07, 6.45) is 1.99. The first-order valence-electron chi connectivity index (χ1n) is 5.44. The standard InChI is InChI=1S/C12H15N3.ClH/c1-2-10(12-8-13-5-6-15-12)7-11-9(1)3-4-14-11;/h1-4,7,12-15H,5-6,8H2;1H/t12-;/m0./s1. The van der Waals surface area contributed by atoms with Gasteiger partial charge in [0.05, 0.1) is 0 Å². The fourth-order valence-corrected chi connectivity index (χ4v) is 2.17. The van der Waals surface area contributed by atoms with Gasteiger partial charge in [-0.2, -0.15) is 0 Å². The molecule has 4 heteroatoms. The van der Waals surface area contributed by atoms with Gasteiger partial charge in [0.15, 0.2) is 0 Å². The number of piperazine rings is 1. The third kappa shape index (κ3) is 2.07. The third-order valence-corrected chi connectivity index (χ3v) is 3.02. The van der Waals surface area contributed by atoms with Gasteiger partial charge in [0, 0.05) is 37.4 Å². The van der Waals surface area contributed by atoms with Crippen LogP contribution in [0.25, 0.3) is 10.9 Å². The lowest BCUT2D eigenvalue weighted by Gasteiger charge is -2.24. The quantitative estimate of drug-likeness (QED) is 0.708. The lowest BCUT2D eigenvalue weighted by Crippen LogP contribution is -2.42. The van der Waals surface area contributed by atoms with Gasteiger partial charge in [-0.25, -0.2) is 0 Å². The molecule has 1 aromatic heterocycles. The van der Waals surface area contributed by atoms with Crippen molar-refractivity contribution in [3.63, 3.8) is 0 Å². The van der Waals surface area contributed by atoms with Crippen molar-refractivity contribution < 1.29 is 0 Å². The number of H-pyrrole nitrogens is 1. The zero-order valence-corrected chi connectivity index (χ0v) is 9.81. The first kappa shape index (κ1) is 11.5. The summed E-state index contributed by atoms with van der Waals surface area (Å²) >= 11 is 0. The molecule has 0 aliphatic carbocycles. The molecule has 16 heavy (non-hydrogen) atoms. The lowest BCUT2D eigenvalue weighted by atomic mass is 10.0. The summed E-state index contributed by atoms with van der Waals surface area (Å²) in [5, 5.41) is 8.20. The van der Waals surface area contributed by atoms with E-state index in [9.17, 15) is 0 Å². The molecule has 0 saturated carbocycles. The molecule has 3 rings (SSSR count). The summed E-state index contributed by atoms with van der Waals surface area (Å²) in [4.78, 5) is 3.25. The predicted octanol–water partition coefficient (Wildman–Crippen LogP) is 1.82. The van der Waals surface area contributed by atoms with Gasteiger partial charge in [-0.1, -0.05) is 12.1 Å². The van der Waals surface area contributed by atoms with Crippen molar-refractivity contribution in [3.8, 4) is 0 Å². The summed E-state index contributed by atoms with van der Waals surface area (Å²) in [6.45, 7) is 3.14. The Morgan fingerprint density at radius 2 is 2.06 bits per heavy atom. The smallest absolute Gasteiger partial charge is 0.0457 e. The average molecular weight is 238 g/mol. The summed E-state index contributed by atoms with van der Waals surface area (Å²) < 4.78 is 0. The first-order valence-corrected chi connectivity index (χ1v) is 5.44. The zero-order chi connectivity index (χ0) is 10.1. The Morgan fingerprint density at radius 3 is 2.88 bits per heavy atom. The molecular weight excluding hydrogens is 222 g/mol. The highest BCUT2D eigenvalue weighted by Crippen LogP contribution is 2.19. The number of fused-ring (bicyclic) bond motifs is 1. The van der Waals surface area contributed by atoms with Crippen LogP contribution >= 0.6 is 12.4 Å². The van der Waals surface area contributed by atoms with Crippen LogP contribution in [0.4, 0.5) is 0 Å². The molecule has 1 aliphatic rings. The first-order chi connectivity index (χ1) is 7.43. The highest BCUT2D eigenvalue weighted by atomic mass is 35.5. The van der Waals surface area contributed by atoms with Crippen molar-refractivity contribution in [1.29, 1.82) is 0 Å². The van der Waals surface area contributed by atoms with Crippen molar-refractivity contribution in [1.82, 2.24) is 15.6 Å². The Bertz CT molecular complexity index is 460. The molecule has 0 radical (unpaired) electrons. The summed E-state index contributed by atoms with van der Waals surface area (Å²) in [6, 6.07) is 9.18. The zero-order valence-electron chi connectivity index (χ0n) is 8.99. The third-order valence-electron chi connectivity index (χ3n) is 3.02. The van der Waals surface area contributed by atoms with Crippen molar-refractivity contribution in [2.45, 2.75) is 6.04 Å². The molecule has 0 bridgehead atoms. The molecular formula is C12H16ClN3. The van der Waals surface area contributed by atoms with E-state index in [1.807, 2.05) is 6.20 Å². The van der Waals surface area contributed by atoms with E-state index in [1.54, 1.807) is 0 Å². The molecule has 1 aromatic carbocycles. The summed E-state index contributed by atoms with van der Waals surface area (Å²) in [5.74, 6) is 0. The molecule has 2 heterocycles. The van der Waals surface area contributed by atoms with Crippen molar-refractivity contribution in [2.24, 2.45) is 0 Å². The van der Waals surface area contributed by atoms with Crippen LogP contribution in [0.15, 0.2) is 30.5 Å². The number of halogens is 1. The van der Waals surface area contributed by atoms with Gasteiger partial charge in [-0.3, -0.25) is 0 Å². The minimum absolute atomic E-state index is 0. The fraction of sp³-hybridized carbons (Fsp3) is 0.333. The van der Waals surface area contributed by atoms with Gasteiger partial charge in [-0.05, 0) is 23.1 Å². The lowest BCUT2D eigenvalue weighted by molar-refractivity contribution is 0.430. The van der Waals surface area contributed by atoms with Gasteiger partial charge in [0.2, 0.25) is 0 Å². The molecule has 3 nitrogen and oxygen atoms in total. The molecule has 1 aliphatic heterocycles. The van der Waals surface area contributed by atoms with Crippen LogP contribution in [-0.2, 0) is 0 Å². The topological polar surface area (TPSA) is 39.8 Å². The summed E-state index contributed by atoms with van der Waals surface area (Å²) in [5.41, 5.74) is 2.58. The van der Waals surface area contributed by atoms with E-state index in [1.165, 1.54) is 16.5 Å². The number of hydrogen-bond acceptors (Lipinski definition) is 2. The Kier molecular flexibility index (Phi) is 3.49. The minimum Gasteiger partial charge on any atom is -0.361 e.